The van der Waals surface area contributed by atoms with Gasteiger partial charge in [-0.05, 0) is 44.6 Å². The Morgan fingerprint density at radius 1 is 1.50 bits per heavy atom. The first-order chi connectivity index (χ1) is 8.54. The number of benzene rings is 1. The van der Waals surface area contributed by atoms with Gasteiger partial charge in [-0.3, -0.25) is 4.79 Å². The number of fused-ring (bicyclic) bond motifs is 1. The summed E-state index contributed by atoms with van der Waals surface area (Å²) in [6, 6.07) is 3.83. The number of anilines is 1. The lowest BCUT2D eigenvalue weighted by Gasteiger charge is -2.37. The van der Waals surface area contributed by atoms with Gasteiger partial charge in [-0.2, -0.15) is 0 Å². The number of rotatable bonds is 3. The van der Waals surface area contributed by atoms with Gasteiger partial charge in [0.1, 0.15) is 6.17 Å². The second-order valence-corrected chi connectivity index (χ2v) is 5.04. The molecular weight excluding hydrogens is 250 g/mol. The van der Waals surface area contributed by atoms with Crippen LogP contribution in [0.4, 0.5) is 5.69 Å². The molecule has 0 fully saturated rings. The predicted octanol–water partition coefficient (Wildman–Crippen LogP) is 1.76. The second-order valence-electron chi connectivity index (χ2n) is 4.63. The maximum absolute atomic E-state index is 12.1. The molecule has 1 atom stereocenters. The van der Waals surface area contributed by atoms with Gasteiger partial charge in [-0.15, -0.1) is 0 Å². The maximum Gasteiger partial charge on any atom is 0.256 e. The predicted molar refractivity (Wildman–Crippen MR) is 74.4 cm³/mol. The van der Waals surface area contributed by atoms with Gasteiger partial charge in [-0.1, -0.05) is 11.6 Å². The van der Waals surface area contributed by atoms with Crippen LogP contribution >= 0.6 is 11.6 Å². The summed E-state index contributed by atoms with van der Waals surface area (Å²) in [7, 11) is 3.88. The van der Waals surface area contributed by atoms with Gasteiger partial charge < -0.3 is 15.5 Å². The average molecular weight is 268 g/mol. The highest BCUT2D eigenvalue weighted by Crippen LogP contribution is 2.32. The Morgan fingerprint density at radius 2 is 2.22 bits per heavy atom. The van der Waals surface area contributed by atoms with Crippen LogP contribution < -0.4 is 15.5 Å². The van der Waals surface area contributed by atoms with Crippen LogP contribution in [0.25, 0.3) is 0 Å². The number of nitrogens with one attached hydrogen (secondary N) is 2. The number of hydrogen-bond acceptors (Lipinski definition) is 3. The van der Waals surface area contributed by atoms with Gasteiger partial charge in [0.2, 0.25) is 0 Å². The zero-order valence-electron chi connectivity index (χ0n) is 10.9. The number of nitrogens with zero attached hydrogens (tertiary/aromatic N) is 1. The van der Waals surface area contributed by atoms with Gasteiger partial charge in [0, 0.05) is 7.05 Å². The van der Waals surface area contributed by atoms with Crippen LogP contribution in [0, 0.1) is 6.92 Å². The minimum Gasteiger partial charge on any atom is -0.354 e. The lowest BCUT2D eigenvalue weighted by molar-refractivity contribution is 0.0926. The zero-order chi connectivity index (χ0) is 13.3. The third kappa shape index (κ3) is 2.31. The number of aryl methyl sites for hydroxylation is 1. The molecule has 0 aliphatic carbocycles. The van der Waals surface area contributed by atoms with Crippen molar-refractivity contribution in [1.29, 1.82) is 0 Å². The molecule has 0 unspecified atom stereocenters. The van der Waals surface area contributed by atoms with E-state index in [-0.39, 0.29) is 12.1 Å². The molecule has 1 aliphatic heterocycles. The van der Waals surface area contributed by atoms with Crippen LogP contribution in [0.1, 0.15) is 22.3 Å². The molecule has 5 heteroatoms. The van der Waals surface area contributed by atoms with Crippen molar-refractivity contribution in [2.75, 3.05) is 25.5 Å². The highest BCUT2D eigenvalue weighted by molar-refractivity contribution is 6.35. The molecule has 2 rings (SSSR count). The minimum absolute atomic E-state index is 0.00955. The Kier molecular flexibility index (Phi) is 3.78. The normalized spacial score (nSPS) is 18.6. The van der Waals surface area contributed by atoms with Gasteiger partial charge in [-0.25, -0.2) is 0 Å². The van der Waals surface area contributed by atoms with Crippen LogP contribution in [0.5, 0.6) is 0 Å². The summed E-state index contributed by atoms with van der Waals surface area (Å²) in [5.41, 5.74) is 2.54. The maximum atomic E-state index is 12.1. The fraction of sp³-hybridized carbons (Fsp3) is 0.462. The summed E-state index contributed by atoms with van der Waals surface area (Å²) in [4.78, 5) is 14.2. The van der Waals surface area contributed by atoms with Gasteiger partial charge in [0.25, 0.3) is 5.91 Å². The largest absolute Gasteiger partial charge is 0.354 e. The first kappa shape index (κ1) is 13.2. The Balaban J connectivity index is 2.38. The highest BCUT2D eigenvalue weighted by atomic mass is 35.5. The molecule has 0 bridgehead atoms. The number of carbonyl (C=O) groups excluding carboxylic acids is 1. The lowest BCUT2D eigenvalue weighted by Crippen LogP contribution is -2.52. The quantitative estimate of drug-likeness (QED) is 0.877. The molecule has 0 radical (unpaired) electrons. The molecule has 0 saturated carbocycles. The highest BCUT2D eigenvalue weighted by Gasteiger charge is 2.29. The summed E-state index contributed by atoms with van der Waals surface area (Å²) < 4.78 is 0. The smallest absolute Gasteiger partial charge is 0.256 e. The van der Waals surface area contributed by atoms with E-state index in [1.807, 2.05) is 33.2 Å². The van der Waals surface area contributed by atoms with Crippen LogP contribution in [-0.4, -0.2) is 32.7 Å². The Bertz CT molecular complexity index is 476. The van der Waals surface area contributed by atoms with E-state index in [0.717, 1.165) is 24.2 Å². The van der Waals surface area contributed by atoms with Gasteiger partial charge >= 0.3 is 0 Å². The van der Waals surface area contributed by atoms with Gasteiger partial charge in [0.15, 0.2) is 0 Å². The van der Waals surface area contributed by atoms with E-state index in [0.29, 0.717) is 10.6 Å². The lowest BCUT2D eigenvalue weighted by atomic mass is 10.0. The summed E-state index contributed by atoms with van der Waals surface area (Å²) in [6.45, 7) is 2.83. The monoisotopic (exact) mass is 267 g/mol. The first-order valence-corrected chi connectivity index (χ1v) is 6.41. The van der Waals surface area contributed by atoms with E-state index < -0.39 is 0 Å². The van der Waals surface area contributed by atoms with Crippen molar-refractivity contribution >= 4 is 23.2 Å². The molecule has 0 spiro atoms. The molecule has 1 aliphatic rings. The average Bonchev–Trinajstić information content (AvgIpc) is 2.31. The summed E-state index contributed by atoms with van der Waals surface area (Å²) >= 11 is 6.16. The van der Waals surface area contributed by atoms with Crippen LogP contribution in [0.15, 0.2) is 12.1 Å². The van der Waals surface area contributed by atoms with Crippen LogP contribution in [0.3, 0.4) is 0 Å². The van der Waals surface area contributed by atoms with Crippen molar-refractivity contribution < 1.29 is 4.79 Å². The Morgan fingerprint density at radius 3 is 2.89 bits per heavy atom. The van der Waals surface area contributed by atoms with E-state index in [1.165, 1.54) is 0 Å². The topological polar surface area (TPSA) is 44.4 Å². The van der Waals surface area contributed by atoms with Crippen LogP contribution in [-0.2, 0) is 0 Å². The third-order valence-corrected chi connectivity index (χ3v) is 3.55. The van der Waals surface area contributed by atoms with E-state index in [1.54, 1.807) is 0 Å². The fourth-order valence-electron chi connectivity index (χ4n) is 2.26. The zero-order valence-corrected chi connectivity index (χ0v) is 11.6. The van der Waals surface area contributed by atoms with E-state index >= 15 is 0 Å². The third-order valence-electron chi connectivity index (χ3n) is 3.25. The number of carbonyl (C=O) groups is 1. The molecule has 1 heterocycles. The first-order valence-electron chi connectivity index (χ1n) is 6.03. The molecule has 18 heavy (non-hydrogen) atoms. The second kappa shape index (κ2) is 5.16. The minimum atomic E-state index is -0.0887. The molecule has 1 aromatic carbocycles. The van der Waals surface area contributed by atoms with Crippen molar-refractivity contribution in [2.45, 2.75) is 19.5 Å². The molecule has 0 saturated heterocycles. The molecular formula is C13H18ClN3O. The molecule has 1 amide bonds. The summed E-state index contributed by atoms with van der Waals surface area (Å²) in [5.74, 6) is -0.0887. The van der Waals surface area contributed by atoms with Crippen molar-refractivity contribution in [3.8, 4) is 0 Å². The van der Waals surface area contributed by atoms with Crippen molar-refractivity contribution in [3.63, 3.8) is 0 Å². The molecule has 98 valence electrons. The number of amides is 1. The van der Waals surface area contributed by atoms with Crippen molar-refractivity contribution in [2.24, 2.45) is 0 Å². The SMILES string of the molecule is CNCC[C@@H]1NC(=O)c2c(Cl)cc(C)cc2N1C. The number of halogens is 1. The Labute approximate surface area is 112 Å². The van der Waals surface area contributed by atoms with Crippen LogP contribution in [0.2, 0.25) is 5.02 Å². The van der Waals surface area contributed by atoms with Crippen molar-refractivity contribution in [3.05, 3.63) is 28.3 Å². The summed E-state index contributed by atoms with van der Waals surface area (Å²) in [6.07, 6.45) is 0.860. The molecule has 2 N–H and O–H groups in total. The molecule has 1 aromatic rings. The molecule has 0 aromatic heterocycles. The fourth-order valence-corrected chi connectivity index (χ4v) is 2.62. The van der Waals surface area contributed by atoms with E-state index in [2.05, 4.69) is 15.5 Å². The van der Waals surface area contributed by atoms with Crippen molar-refractivity contribution in [1.82, 2.24) is 10.6 Å². The standard InChI is InChI=1S/C13H18ClN3O/c1-8-6-9(14)12-10(7-8)17(3)11(4-5-15-2)16-13(12)18/h6-7,11,15H,4-5H2,1-3H3,(H,16,18)/t11-/m1/s1. The van der Waals surface area contributed by atoms with Gasteiger partial charge in [0.05, 0.1) is 16.3 Å². The molecule has 4 nitrogen and oxygen atoms in total. The van der Waals surface area contributed by atoms with E-state index in [9.17, 15) is 4.79 Å². The number of hydrogen-bond donors (Lipinski definition) is 2. The Hall–Kier alpha value is -1.26. The van der Waals surface area contributed by atoms with E-state index in [4.69, 9.17) is 11.6 Å². The summed E-state index contributed by atoms with van der Waals surface area (Å²) in [5, 5.41) is 6.59.